The largest absolute Gasteiger partial charge is 0.481 e. The number of urea groups is 1. The summed E-state index contributed by atoms with van der Waals surface area (Å²) in [6.45, 7) is 2.09. The molecule has 2 amide bonds. The molecule has 1 rings (SSSR count). The minimum Gasteiger partial charge on any atom is -0.481 e. The molecule has 0 heterocycles. The van der Waals surface area contributed by atoms with Crippen molar-refractivity contribution in [1.29, 1.82) is 0 Å². The van der Waals surface area contributed by atoms with Gasteiger partial charge in [-0.1, -0.05) is 19.1 Å². The summed E-state index contributed by atoms with van der Waals surface area (Å²) >= 11 is 0. The van der Waals surface area contributed by atoms with Crippen molar-refractivity contribution in [2.45, 2.75) is 19.9 Å². The third kappa shape index (κ3) is 5.37. The molecule has 1 unspecified atom stereocenters. The van der Waals surface area contributed by atoms with Crippen LogP contribution in [0.25, 0.3) is 0 Å². The van der Waals surface area contributed by atoms with Crippen LogP contribution in [0.1, 0.15) is 18.9 Å². The Morgan fingerprint density at radius 1 is 1.26 bits per heavy atom. The number of rotatable bonds is 6. The topological polar surface area (TPSA) is 78.4 Å². The van der Waals surface area contributed by atoms with Gasteiger partial charge in [0.15, 0.2) is 0 Å². The Morgan fingerprint density at radius 2 is 1.89 bits per heavy atom. The lowest BCUT2D eigenvalue weighted by molar-refractivity contribution is -0.141. The molecule has 0 radical (unpaired) electrons. The first-order chi connectivity index (χ1) is 9.02. The van der Waals surface area contributed by atoms with Gasteiger partial charge in [0.1, 0.15) is 5.82 Å². The molecule has 6 heteroatoms. The number of carboxylic acid groups (broad SMARTS) is 1. The number of hydrogen-bond acceptors (Lipinski definition) is 2. The van der Waals surface area contributed by atoms with Gasteiger partial charge in [-0.2, -0.15) is 0 Å². The molecule has 19 heavy (non-hydrogen) atoms. The quantitative estimate of drug-likeness (QED) is 0.735. The molecule has 1 atom stereocenters. The smallest absolute Gasteiger partial charge is 0.315 e. The van der Waals surface area contributed by atoms with Gasteiger partial charge in [-0.15, -0.1) is 0 Å². The van der Waals surface area contributed by atoms with Crippen LogP contribution in [0.4, 0.5) is 9.18 Å². The van der Waals surface area contributed by atoms with Crippen molar-refractivity contribution in [3.63, 3.8) is 0 Å². The molecule has 0 aliphatic carbocycles. The summed E-state index contributed by atoms with van der Waals surface area (Å²) in [5.41, 5.74) is 0.766. The summed E-state index contributed by atoms with van der Waals surface area (Å²) in [7, 11) is 0. The Morgan fingerprint density at radius 3 is 2.42 bits per heavy atom. The average Bonchev–Trinajstić information content (AvgIpc) is 2.38. The van der Waals surface area contributed by atoms with Crippen molar-refractivity contribution < 1.29 is 19.1 Å². The van der Waals surface area contributed by atoms with E-state index in [4.69, 9.17) is 5.11 Å². The van der Waals surface area contributed by atoms with E-state index in [1.807, 2.05) is 0 Å². The van der Waals surface area contributed by atoms with Crippen molar-refractivity contribution in [3.05, 3.63) is 35.6 Å². The number of carbonyl (C=O) groups excluding carboxylic acids is 1. The monoisotopic (exact) mass is 268 g/mol. The zero-order chi connectivity index (χ0) is 14.3. The third-order valence-corrected chi connectivity index (χ3v) is 2.72. The fraction of sp³-hybridized carbons (Fsp3) is 0.385. The van der Waals surface area contributed by atoms with Crippen LogP contribution >= 0.6 is 0 Å². The molecular weight excluding hydrogens is 251 g/mol. The fourth-order valence-corrected chi connectivity index (χ4v) is 1.47. The molecule has 1 aromatic carbocycles. The molecule has 0 aliphatic heterocycles. The van der Waals surface area contributed by atoms with Gasteiger partial charge in [0, 0.05) is 13.1 Å². The summed E-state index contributed by atoms with van der Waals surface area (Å²) in [5, 5.41) is 13.9. The Kier molecular flexibility index (Phi) is 5.78. The summed E-state index contributed by atoms with van der Waals surface area (Å²) in [6.07, 6.45) is 0.452. The van der Waals surface area contributed by atoms with E-state index >= 15 is 0 Å². The van der Waals surface area contributed by atoms with E-state index in [2.05, 4.69) is 10.6 Å². The first-order valence-electron chi connectivity index (χ1n) is 6.02. The van der Waals surface area contributed by atoms with Crippen LogP contribution in [0.15, 0.2) is 24.3 Å². The second kappa shape index (κ2) is 7.35. The lowest BCUT2D eigenvalue weighted by Gasteiger charge is -2.12. The molecule has 0 aromatic heterocycles. The van der Waals surface area contributed by atoms with Crippen molar-refractivity contribution in [2.24, 2.45) is 5.92 Å². The third-order valence-electron chi connectivity index (χ3n) is 2.72. The molecule has 104 valence electrons. The molecule has 3 N–H and O–H groups in total. The van der Waals surface area contributed by atoms with Crippen molar-refractivity contribution in [3.8, 4) is 0 Å². The number of carbonyl (C=O) groups is 2. The van der Waals surface area contributed by atoms with Gasteiger partial charge in [0.2, 0.25) is 0 Å². The first-order valence-corrected chi connectivity index (χ1v) is 6.02. The minimum atomic E-state index is -0.929. The van der Waals surface area contributed by atoms with E-state index < -0.39 is 17.9 Å². The van der Waals surface area contributed by atoms with Crippen LogP contribution in [-0.2, 0) is 11.3 Å². The second-order valence-corrected chi connectivity index (χ2v) is 4.13. The SMILES string of the molecule is CCC(CNC(=O)NCc1ccc(F)cc1)C(=O)O. The highest BCUT2D eigenvalue weighted by Gasteiger charge is 2.15. The number of nitrogens with one attached hydrogen (secondary N) is 2. The normalized spacial score (nSPS) is 11.7. The molecule has 0 aliphatic rings. The Bertz CT molecular complexity index is 434. The zero-order valence-electron chi connectivity index (χ0n) is 10.6. The second-order valence-electron chi connectivity index (χ2n) is 4.13. The molecule has 0 bridgehead atoms. The maximum Gasteiger partial charge on any atom is 0.315 e. The fourth-order valence-electron chi connectivity index (χ4n) is 1.47. The summed E-state index contributed by atoms with van der Waals surface area (Å²) in [5.74, 6) is -1.85. The summed E-state index contributed by atoms with van der Waals surface area (Å²) in [6, 6.07) is 5.33. The lowest BCUT2D eigenvalue weighted by Crippen LogP contribution is -2.39. The molecule has 5 nitrogen and oxygen atoms in total. The number of hydrogen-bond donors (Lipinski definition) is 3. The molecular formula is C13H17FN2O3. The Hall–Kier alpha value is -2.11. The van der Waals surface area contributed by atoms with E-state index in [0.717, 1.165) is 5.56 Å². The van der Waals surface area contributed by atoms with E-state index in [0.29, 0.717) is 6.42 Å². The van der Waals surface area contributed by atoms with Crippen LogP contribution in [0.5, 0.6) is 0 Å². The first kappa shape index (κ1) is 14.9. The number of carboxylic acids is 1. The maximum atomic E-state index is 12.7. The highest BCUT2D eigenvalue weighted by molar-refractivity contribution is 5.75. The van der Waals surface area contributed by atoms with Gasteiger partial charge in [-0.25, -0.2) is 9.18 Å². The van der Waals surface area contributed by atoms with E-state index in [9.17, 15) is 14.0 Å². The van der Waals surface area contributed by atoms with E-state index in [1.54, 1.807) is 19.1 Å². The highest BCUT2D eigenvalue weighted by atomic mass is 19.1. The molecule has 0 saturated heterocycles. The maximum absolute atomic E-state index is 12.7. The number of halogens is 1. The predicted octanol–water partition coefficient (Wildman–Crippen LogP) is 1.74. The molecule has 1 aromatic rings. The molecule has 0 spiro atoms. The van der Waals surface area contributed by atoms with Gasteiger partial charge < -0.3 is 15.7 Å². The van der Waals surface area contributed by atoms with Gasteiger partial charge >= 0.3 is 12.0 Å². The molecule has 0 saturated carbocycles. The van der Waals surface area contributed by atoms with Crippen LogP contribution in [0.3, 0.4) is 0 Å². The average molecular weight is 268 g/mol. The van der Waals surface area contributed by atoms with Crippen molar-refractivity contribution in [1.82, 2.24) is 10.6 Å². The van der Waals surface area contributed by atoms with Crippen LogP contribution in [-0.4, -0.2) is 23.7 Å². The summed E-state index contributed by atoms with van der Waals surface area (Å²) < 4.78 is 12.7. The predicted molar refractivity (Wildman–Crippen MR) is 68.1 cm³/mol. The van der Waals surface area contributed by atoms with Gasteiger partial charge in [0.25, 0.3) is 0 Å². The van der Waals surface area contributed by atoms with Gasteiger partial charge in [0.05, 0.1) is 5.92 Å². The van der Waals surface area contributed by atoms with Crippen molar-refractivity contribution in [2.75, 3.05) is 6.54 Å². The van der Waals surface area contributed by atoms with Gasteiger partial charge in [-0.05, 0) is 24.1 Å². The zero-order valence-corrected chi connectivity index (χ0v) is 10.6. The Balaban J connectivity index is 2.31. The van der Waals surface area contributed by atoms with Crippen LogP contribution in [0.2, 0.25) is 0 Å². The minimum absolute atomic E-state index is 0.0844. The van der Waals surface area contributed by atoms with E-state index in [-0.39, 0.29) is 18.9 Å². The number of benzene rings is 1. The number of amides is 2. The van der Waals surface area contributed by atoms with Crippen LogP contribution < -0.4 is 10.6 Å². The van der Waals surface area contributed by atoms with E-state index in [1.165, 1.54) is 12.1 Å². The summed E-state index contributed by atoms with van der Waals surface area (Å²) in [4.78, 5) is 22.2. The number of aliphatic carboxylic acids is 1. The lowest BCUT2D eigenvalue weighted by atomic mass is 10.1. The molecule has 0 fully saturated rings. The standard InChI is InChI=1S/C13H17FN2O3/c1-2-10(12(17)18)8-16-13(19)15-7-9-3-5-11(14)6-4-9/h3-6,10H,2,7-8H2,1H3,(H,17,18)(H2,15,16,19). The van der Waals surface area contributed by atoms with Gasteiger partial charge in [-0.3, -0.25) is 4.79 Å². The van der Waals surface area contributed by atoms with Crippen molar-refractivity contribution >= 4 is 12.0 Å². The Labute approximate surface area is 110 Å². The highest BCUT2D eigenvalue weighted by Crippen LogP contribution is 2.02. The van der Waals surface area contributed by atoms with Crippen LogP contribution in [0, 0.1) is 11.7 Å².